The van der Waals surface area contributed by atoms with E-state index in [1.54, 1.807) is 0 Å². The Kier molecular flexibility index (Phi) is 5.36. The van der Waals surface area contributed by atoms with E-state index in [9.17, 15) is 9.90 Å². The van der Waals surface area contributed by atoms with Gasteiger partial charge in [-0.15, -0.1) is 11.3 Å². The van der Waals surface area contributed by atoms with E-state index in [0.717, 1.165) is 11.1 Å². The average molecular weight is 374 g/mol. The molecule has 3 aromatic rings. The molecule has 1 N–H and O–H groups in total. The van der Waals surface area contributed by atoms with Gasteiger partial charge < -0.3 is 9.84 Å². The number of thiazole rings is 1. The summed E-state index contributed by atoms with van der Waals surface area (Å²) in [6.07, 6.45) is 0.584. The van der Waals surface area contributed by atoms with E-state index >= 15 is 0 Å². The molecule has 0 aliphatic rings. The molecule has 0 fully saturated rings. The minimum absolute atomic E-state index is 0.292. The molecule has 1 aromatic heterocycles. The third-order valence-electron chi connectivity index (χ3n) is 3.66. The van der Waals surface area contributed by atoms with E-state index in [4.69, 9.17) is 16.3 Å². The number of nitrogens with zero attached hydrogens (tertiary/aromatic N) is 1. The number of aromatic carboxylic acids is 1. The molecule has 0 aliphatic heterocycles. The number of hydrogen-bond donors (Lipinski definition) is 1. The molecule has 0 unspecified atom stereocenters. The van der Waals surface area contributed by atoms with Gasteiger partial charge >= 0.3 is 5.97 Å². The van der Waals surface area contributed by atoms with Crippen LogP contribution in [0.2, 0.25) is 5.02 Å². The fourth-order valence-corrected chi connectivity index (χ4v) is 3.56. The lowest BCUT2D eigenvalue weighted by atomic mass is 10.2. The molecule has 0 atom stereocenters. The highest BCUT2D eigenvalue weighted by atomic mass is 35.5. The predicted octanol–water partition coefficient (Wildman–Crippen LogP) is 5.30. The summed E-state index contributed by atoms with van der Waals surface area (Å²) in [5, 5.41) is 10.6. The first-order valence-electron chi connectivity index (χ1n) is 7.78. The van der Waals surface area contributed by atoms with Crippen molar-refractivity contribution < 1.29 is 14.6 Å². The molecule has 0 bridgehead atoms. The van der Waals surface area contributed by atoms with Crippen LogP contribution in [-0.4, -0.2) is 16.1 Å². The Hall–Kier alpha value is -2.37. The van der Waals surface area contributed by atoms with Crippen LogP contribution in [0.25, 0.3) is 10.6 Å². The van der Waals surface area contributed by atoms with Crippen molar-refractivity contribution in [2.24, 2.45) is 0 Å². The van der Waals surface area contributed by atoms with E-state index in [1.165, 1.54) is 11.3 Å². The maximum atomic E-state index is 11.3. The highest BCUT2D eigenvalue weighted by molar-refractivity contribution is 7.17. The molecule has 0 saturated carbocycles. The Labute approximate surface area is 154 Å². The minimum Gasteiger partial charge on any atom is -0.489 e. The van der Waals surface area contributed by atoms with Crippen molar-refractivity contribution in [1.29, 1.82) is 0 Å². The van der Waals surface area contributed by atoms with Gasteiger partial charge in [0.05, 0.1) is 5.69 Å². The lowest BCUT2D eigenvalue weighted by molar-refractivity contribution is 0.0701. The first-order chi connectivity index (χ1) is 12.1. The second-order valence-corrected chi connectivity index (χ2v) is 6.77. The molecule has 0 radical (unpaired) electrons. The number of benzene rings is 2. The van der Waals surface area contributed by atoms with Gasteiger partial charge in [-0.25, -0.2) is 9.78 Å². The number of rotatable bonds is 6. The first-order valence-corrected chi connectivity index (χ1v) is 8.97. The van der Waals surface area contributed by atoms with Crippen molar-refractivity contribution in [3.05, 3.63) is 69.7 Å². The van der Waals surface area contributed by atoms with E-state index in [2.05, 4.69) is 4.98 Å². The Morgan fingerprint density at radius 1 is 1.24 bits per heavy atom. The van der Waals surface area contributed by atoms with Crippen molar-refractivity contribution in [2.75, 3.05) is 0 Å². The van der Waals surface area contributed by atoms with E-state index < -0.39 is 5.97 Å². The maximum Gasteiger partial charge on any atom is 0.347 e. The van der Waals surface area contributed by atoms with Gasteiger partial charge in [0.25, 0.3) is 0 Å². The van der Waals surface area contributed by atoms with Gasteiger partial charge in [-0.3, -0.25) is 0 Å². The molecule has 0 spiro atoms. The highest BCUT2D eigenvalue weighted by Crippen LogP contribution is 2.31. The quantitative estimate of drug-likeness (QED) is 0.636. The molecule has 128 valence electrons. The summed E-state index contributed by atoms with van der Waals surface area (Å²) in [5.41, 5.74) is 2.35. The second-order valence-electron chi connectivity index (χ2n) is 5.36. The smallest absolute Gasteiger partial charge is 0.347 e. The second kappa shape index (κ2) is 7.68. The highest BCUT2D eigenvalue weighted by Gasteiger charge is 2.17. The molecule has 0 saturated heterocycles. The first kappa shape index (κ1) is 17.5. The Morgan fingerprint density at radius 2 is 2.04 bits per heavy atom. The number of ether oxygens (including phenoxy) is 1. The van der Waals surface area contributed by atoms with Crippen LogP contribution in [0.3, 0.4) is 0 Å². The Morgan fingerprint density at radius 3 is 2.72 bits per heavy atom. The predicted molar refractivity (Wildman–Crippen MR) is 99.7 cm³/mol. The van der Waals surface area contributed by atoms with Crippen LogP contribution in [0.4, 0.5) is 0 Å². The van der Waals surface area contributed by atoms with Gasteiger partial charge in [-0.2, -0.15) is 0 Å². The molecule has 3 rings (SSSR count). The zero-order valence-electron chi connectivity index (χ0n) is 13.5. The summed E-state index contributed by atoms with van der Waals surface area (Å²) >= 11 is 7.32. The Balaban J connectivity index is 1.82. The number of carbonyl (C=O) groups is 1. The summed E-state index contributed by atoms with van der Waals surface area (Å²) < 4.78 is 5.82. The largest absolute Gasteiger partial charge is 0.489 e. The lowest BCUT2D eigenvalue weighted by Crippen LogP contribution is -1.97. The molecule has 0 amide bonds. The standard InChI is InChI=1S/C19H16ClNO3S/c1-2-16-17(19(22)23)25-18(21-16)12-7-5-8-14(10-12)24-11-13-6-3-4-9-15(13)20/h3-10H,2,11H2,1H3,(H,22,23). The van der Waals surface area contributed by atoms with Crippen molar-refractivity contribution >= 4 is 28.9 Å². The van der Waals surface area contributed by atoms with Gasteiger partial charge in [0.2, 0.25) is 0 Å². The van der Waals surface area contributed by atoms with E-state index in [1.807, 2.05) is 55.5 Å². The zero-order valence-corrected chi connectivity index (χ0v) is 15.1. The van der Waals surface area contributed by atoms with Crippen LogP contribution in [0, 0.1) is 0 Å². The summed E-state index contributed by atoms with van der Waals surface area (Å²) in [6.45, 7) is 2.26. The number of hydrogen-bond acceptors (Lipinski definition) is 4. The number of halogens is 1. The summed E-state index contributed by atoms with van der Waals surface area (Å²) in [5.74, 6) is -0.255. The fourth-order valence-electron chi connectivity index (χ4n) is 2.38. The topological polar surface area (TPSA) is 59.4 Å². The van der Waals surface area contributed by atoms with Crippen molar-refractivity contribution in [1.82, 2.24) is 4.98 Å². The van der Waals surface area contributed by atoms with Crippen LogP contribution < -0.4 is 4.74 Å². The van der Waals surface area contributed by atoms with Crippen LogP contribution in [-0.2, 0) is 13.0 Å². The molecular formula is C19H16ClNO3S. The van der Waals surface area contributed by atoms with Crippen molar-refractivity contribution in [2.45, 2.75) is 20.0 Å². The summed E-state index contributed by atoms with van der Waals surface area (Å²) in [6, 6.07) is 15.0. The molecule has 2 aromatic carbocycles. The normalized spacial score (nSPS) is 10.6. The van der Waals surface area contributed by atoms with Crippen LogP contribution in [0.15, 0.2) is 48.5 Å². The zero-order chi connectivity index (χ0) is 17.8. The fraction of sp³-hybridized carbons (Fsp3) is 0.158. The number of aryl methyl sites for hydroxylation is 1. The van der Waals surface area contributed by atoms with Gasteiger partial charge in [0.15, 0.2) is 0 Å². The number of carboxylic acid groups (broad SMARTS) is 1. The maximum absolute atomic E-state index is 11.3. The molecule has 4 nitrogen and oxygen atoms in total. The molecule has 25 heavy (non-hydrogen) atoms. The molecule has 0 aliphatic carbocycles. The van der Waals surface area contributed by atoms with E-state index in [0.29, 0.717) is 39.4 Å². The SMILES string of the molecule is CCc1nc(-c2cccc(OCc3ccccc3Cl)c2)sc1C(=O)O. The van der Waals surface area contributed by atoms with Gasteiger partial charge in [0, 0.05) is 16.1 Å². The monoisotopic (exact) mass is 373 g/mol. The average Bonchev–Trinajstić information content (AvgIpc) is 3.06. The molecule has 6 heteroatoms. The van der Waals surface area contributed by atoms with Crippen LogP contribution in [0.1, 0.15) is 27.9 Å². The number of carboxylic acids is 1. The van der Waals surface area contributed by atoms with Crippen molar-refractivity contribution in [3.63, 3.8) is 0 Å². The Bertz CT molecular complexity index is 907. The molecular weight excluding hydrogens is 358 g/mol. The minimum atomic E-state index is -0.938. The van der Waals surface area contributed by atoms with Gasteiger partial charge in [0.1, 0.15) is 22.2 Å². The summed E-state index contributed by atoms with van der Waals surface area (Å²) in [4.78, 5) is 16.1. The van der Waals surface area contributed by atoms with Gasteiger partial charge in [-0.1, -0.05) is 48.9 Å². The third kappa shape index (κ3) is 4.00. The van der Waals surface area contributed by atoms with E-state index in [-0.39, 0.29) is 0 Å². The lowest BCUT2D eigenvalue weighted by Gasteiger charge is -2.08. The van der Waals surface area contributed by atoms with Gasteiger partial charge in [-0.05, 0) is 24.6 Å². The summed E-state index contributed by atoms with van der Waals surface area (Å²) in [7, 11) is 0. The molecule has 1 heterocycles. The third-order valence-corrected chi connectivity index (χ3v) is 5.16. The van der Waals surface area contributed by atoms with Crippen molar-refractivity contribution in [3.8, 4) is 16.3 Å². The van der Waals surface area contributed by atoms with Crippen LogP contribution >= 0.6 is 22.9 Å². The number of aromatic nitrogens is 1. The van der Waals surface area contributed by atoms with Crippen LogP contribution in [0.5, 0.6) is 5.75 Å².